The average molecular weight is 294 g/mol. The summed E-state index contributed by atoms with van der Waals surface area (Å²) in [5.41, 5.74) is 2.80. The van der Waals surface area contributed by atoms with Crippen molar-refractivity contribution < 1.29 is 9.90 Å². The summed E-state index contributed by atoms with van der Waals surface area (Å²) >= 11 is 0. The topological polar surface area (TPSA) is 37.3 Å². The molecule has 0 rings (SSSR count). The highest BCUT2D eigenvalue weighted by atomic mass is 16.4. The molecule has 0 radical (unpaired) electrons. The first-order chi connectivity index (χ1) is 9.86. The zero-order valence-corrected chi connectivity index (χ0v) is 14.6. The number of hydrogen-bond acceptors (Lipinski definition) is 1. The largest absolute Gasteiger partial charge is 0.481 e. The van der Waals surface area contributed by atoms with Crippen molar-refractivity contribution in [2.75, 3.05) is 0 Å². The van der Waals surface area contributed by atoms with Gasteiger partial charge in [-0.3, -0.25) is 4.79 Å². The number of aliphatic carboxylic acids is 1. The van der Waals surface area contributed by atoms with E-state index in [1.165, 1.54) is 24.0 Å². The van der Waals surface area contributed by atoms with E-state index in [-0.39, 0.29) is 0 Å². The molecule has 2 unspecified atom stereocenters. The van der Waals surface area contributed by atoms with Gasteiger partial charge >= 0.3 is 5.97 Å². The Morgan fingerprint density at radius 3 is 2.33 bits per heavy atom. The van der Waals surface area contributed by atoms with Gasteiger partial charge in [0, 0.05) is 6.42 Å². The molecule has 0 fully saturated rings. The molecular weight excluding hydrogens is 260 g/mol. The van der Waals surface area contributed by atoms with Crippen LogP contribution in [0.15, 0.2) is 23.3 Å². The van der Waals surface area contributed by atoms with Crippen LogP contribution in [0.2, 0.25) is 0 Å². The molecule has 0 spiro atoms. The van der Waals surface area contributed by atoms with E-state index in [9.17, 15) is 4.79 Å². The fraction of sp³-hybridized carbons (Fsp3) is 0.737. The molecule has 0 bridgehead atoms. The van der Waals surface area contributed by atoms with Crippen molar-refractivity contribution in [3.63, 3.8) is 0 Å². The second kappa shape index (κ2) is 11.6. The maximum absolute atomic E-state index is 10.8. The van der Waals surface area contributed by atoms with Gasteiger partial charge in [-0.25, -0.2) is 0 Å². The Morgan fingerprint density at radius 2 is 1.81 bits per heavy atom. The van der Waals surface area contributed by atoms with Crippen LogP contribution in [0.3, 0.4) is 0 Å². The van der Waals surface area contributed by atoms with E-state index >= 15 is 0 Å². The predicted molar refractivity (Wildman–Crippen MR) is 91.5 cm³/mol. The molecule has 122 valence electrons. The normalized spacial score (nSPS) is 14.6. The van der Waals surface area contributed by atoms with Gasteiger partial charge in [0.05, 0.1) is 0 Å². The molecule has 2 nitrogen and oxygen atoms in total. The van der Waals surface area contributed by atoms with Crippen LogP contribution in [-0.2, 0) is 4.79 Å². The molecule has 0 saturated carbocycles. The van der Waals surface area contributed by atoms with Gasteiger partial charge in [-0.05, 0) is 58.3 Å². The first kappa shape index (κ1) is 19.9. The second-order valence-corrected chi connectivity index (χ2v) is 6.53. The first-order valence-corrected chi connectivity index (χ1v) is 8.39. The van der Waals surface area contributed by atoms with E-state index in [0.29, 0.717) is 18.3 Å². The molecular formula is C19H34O2. The van der Waals surface area contributed by atoms with Gasteiger partial charge in [0.25, 0.3) is 0 Å². The maximum Gasteiger partial charge on any atom is 0.303 e. The Hall–Kier alpha value is -1.05. The number of unbranched alkanes of at least 4 members (excludes halogenated alkanes) is 1. The van der Waals surface area contributed by atoms with Crippen molar-refractivity contribution in [2.45, 2.75) is 79.6 Å². The van der Waals surface area contributed by atoms with Crippen LogP contribution in [0.25, 0.3) is 0 Å². The van der Waals surface area contributed by atoms with Gasteiger partial charge in [-0.1, -0.05) is 50.0 Å². The molecule has 0 aromatic carbocycles. The Labute approximate surface area is 131 Å². The highest BCUT2D eigenvalue weighted by molar-refractivity contribution is 5.66. The first-order valence-electron chi connectivity index (χ1n) is 8.39. The predicted octanol–water partition coefficient (Wildman–Crippen LogP) is 5.99. The van der Waals surface area contributed by atoms with Crippen molar-refractivity contribution in [3.05, 3.63) is 23.3 Å². The van der Waals surface area contributed by atoms with Gasteiger partial charge in [0.2, 0.25) is 0 Å². The molecule has 0 aromatic heterocycles. The van der Waals surface area contributed by atoms with Crippen LogP contribution < -0.4 is 0 Å². The molecule has 0 saturated heterocycles. The Bertz CT molecular complexity index is 349. The second-order valence-electron chi connectivity index (χ2n) is 6.53. The maximum atomic E-state index is 10.8. The SMILES string of the molecule is CCCCC(CCC(=O)O)C(C)C=C(C)CCC=C(C)C. The van der Waals surface area contributed by atoms with Crippen LogP contribution >= 0.6 is 0 Å². The minimum absolute atomic E-state index is 0.295. The van der Waals surface area contributed by atoms with Crippen molar-refractivity contribution in [1.82, 2.24) is 0 Å². The summed E-state index contributed by atoms with van der Waals surface area (Å²) in [7, 11) is 0. The highest BCUT2D eigenvalue weighted by Gasteiger charge is 2.16. The molecule has 2 atom stereocenters. The molecule has 0 aliphatic heterocycles. The molecule has 1 N–H and O–H groups in total. The van der Waals surface area contributed by atoms with Crippen LogP contribution in [-0.4, -0.2) is 11.1 Å². The number of allylic oxidation sites excluding steroid dienone is 4. The Morgan fingerprint density at radius 1 is 1.14 bits per heavy atom. The number of carboxylic acid groups (broad SMARTS) is 1. The lowest BCUT2D eigenvalue weighted by molar-refractivity contribution is -0.137. The zero-order valence-electron chi connectivity index (χ0n) is 14.6. The van der Waals surface area contributed by atoms with Crippen LogP contribution in [0.1, 0.15) is 79.6 Å². The van der Waals surface area contributed by atoms with Gasteiger partial charge in [-0.2, -0.15) is 0 Å². The third-order valence-electron chi connectivity index (χ3n) is 4.04. The molecule has 21 heavy (non-hydrogen) atoms. The lowest BCUT2D eigenvalue weighted by atomic mass is 9.84. The minimum Gasteiger partial charge on any atom is -0.481 e. The van der Waals surface area contributed by atoms with Gasteiger partial charge in [0.1, 0.15) is 0 Å². The van der Waals surface area contributed by atoms with E-state index in [4.69, 9.17) is 5.11 Å². The van der Waals surface area contributed by atoms with Crippen LogP contribution in [0.4, 0.5) is 0 Å². The lowest BCUT2D eigenvalue weighted by Crippen LogP contribution is -2.12. The van der Waals surface area contributed by atoms with Crippen molar-refractivity contribution in [2.24, 2.45) is 11.8 Å². The number of carbonyl (C=O) groups is 1. The lowest BCUT2D eigenvalue weighted by Gasteiger charge is -2.21. The summed E-state index contributed by atoms with van der Waals surface area (Å²) in [5, 5.41) is 8.90. The van der Waals surface area contributed by atoms with Crippen molar-refractivity contribution >= 4 is 5.97 Å². The molecule has 0 aliphatic rings. The molecule has 0 amide bonds. The van der Waals surface area contributed by atoms with E-state index in [1.807, 2.05) is 0 Å². The third-order valence-corrected chi connectivity index (χ3v) is 4.04. The van der Waals surface area contributed by atoms with E-state index < -0.39 is 5.97 Å². The monoisotopic (exact) mass is 294 g/mol. The standard InChI is InChI=1S/C19H34O2/c1-6-7-11-18(12-13-19(20)21)17(5)14-16(4)10-8-9-15(2)3/h9,14,17-18H,6-8,10-13H2,1-5H3,(H,20,21). The summed E-state index contributed by atoms with van der Waals surface area (Å²) < 4.78 is 0. The Balaban J connectivity index is 4.49. The third kappa shape index (κ3) is 11.3. The van der Waals surface area contributed by atoms with Gasteiger partial charge < -0.3 is 5.11 Å². The fourth-order valence-electron chi connectivity index (χ4n) is 2.70. The summed E-state index contributed by atoms with van der Waals surface area (Å²) in [6, 6.07) is 0. The number of hydrogen-bond donors (Lipinski definition) is 1. The summed E-state index contributed by atoms with van der Waals surface area (Å²) in [4.78, 5) is 10.8. The summed E-state index contributed by atoms with van der Waals surface area (Å²) in [6.45, 7) is 10.9. The zero-order chi connectivity index (χ0) is 16.3. The summed E-state index contributed by atoms with van der Waals surface area (Å²) in [6.07, 6.45) is 11.5. The van der Waals surface area contributed by atoms with Gasteiger partial charge in [-0.15, -0.1) is 0 Å². The average Bonchev–Trinajstić information content (AvgIpc) is 2.37. The van der Waals surface area contributed by atoms with Crippen LogP contribution in [0, 0.1) is 11.8 Å². The molecule has 2 heteroatoms. The van der Waals surface area contributed by atoms with Crippen molar-refractivity contribution in [1.29, 1.82) is 0 Å². The van der Waals surface area contributed by atoms with E-state index in [0.717, 1.165) is 25.7 Å². The fourth-order valence-corrected chi connectivity index (χ4v) is 2.70. The number of carboxylic acids is 1. The quantitative estimate of drug-likeness (QED) is 0.475. The summed E-state index contributed by atoms with van der Waals surface area (Å²) in [5.74, 6) is 0.301. The molecule has 0 aromatic rings. The van der Waals surface area contributed by atoms with E-state index in [2.05, 4.69) is 46.8 Å². The van der Waals surface area contributed by atoms with Crippen molar-refractivity contribution in [3.8, 4) is 0 Å². The molecule has 0 aliphatic carbocycles. The Kier molecular flexibility index (Phi) is 11.0. The van der Waals surface area contributed by atoms with Gasteiger partial charge in [0.15, 0.2) is 0 Å². The smallest absolute Gasteiger partial charge is 0.303 e. The number of rotatable bonds is 11. The molecule has 0 heterocycles. The van der Waals surface area contributed by atoms with E-state index in [1.54, 1.807) is 0 Å². The van der Waals surface area contributed by atoms with Crippen LogP contribution in [0.5, 0.6) is 0 Å². The minimum atomic E-state index is -0.673. The highest BCUT2D eigenvalue weighted by Crippen LogP contribution is 2.26.